The van der Waals surface area contributed by atoms with Crippen LogP contribution in [-0.4, -0.2) is 55.5 Å². The second-order valence-corrected chi connectivity index (χ2v) is 9.66. The molecule has 0 aliphatic heterocycles. The van der Waals surface area contributed by atoms with Crippen molar-refractivity contribution in [1.82, 2.24) is 0 Å². The highest BCUT2D eigenvalue weighted by Crippen LogP contribution is 2.44. The van der Waals surface area contributed by atoms with Crippen LogP contribution < -0.4 is 0 Å². The van der Waals surface area contributed by atoms with E-state index < -0.39 is 40.1 Å². The molecule has 0 spiro atoms. The van der Waals surface area contributed by atoms with Gasteiger partial charge in [0.15, 0.2) is 6.79 Å². The molecule has 200 valence electrons. The second-order valence-electron chi connectivity index (χ2n) is 8.26. The van der Waals surface area contributed by atoms with Crippen molar-refractivity contribution in [2.24, 2.45) is 0 Å². The summed E-state index contributed by atoms with van der Waals surface area (Å²) in [7, 11) is -4.61. The van der Waals surface area contributed by atoms with Gasteiger partial charge in [0, 0.05) is 6.61 Å². The van der Waals surface area contributed by atoms with Crippen LogP contribution in [-0.2, 0) is 23.1 Å². The van der Waals surface area contributed by atoms with Gasteiger partial charge in [-0.05, 0) is 6.42 Å². The highest BCUT2D eigenvalue weighted by Gasteiger charge is 2.30. The number of aliphatic hydroxyl groups excluding tert-OH is 1. The van der Waals surface area contributed by atoms with E-state index in [4.69, 9.17) is 14.4 Å². The fourth-order valence-corrected chi connectivity index (χ4v) is 4.03. The van der Waals surface area contributed by atoms with E-state index >= 15 is 0 Å². The first-order valence-electron chi connectivity index (χ1n) is 12.2. The molecule has 1 unspecified atom stereocenters. The fraction of sp³-hybridized carbons (Fsp3) is 1.00. The molecule has 11 heteroatoms. The van der Waals surface area contributed by atoms with E-state index in [-0.39, 0.29) is 6.61 Å². The Labute approximate surface area is 196 Å². The maximum atomic E-state index is 12.2. The summed E-state index contributed by atoms with van der Waals surface area (Å²) in [5.41, 5.74) is 0. The van der Waals surface area contributed by atoms with Gasteiger partial charge in [-0.25, -0.2) is 4.57 Å². The topological polar surface area (TPSA) is 94.5 Å². The molecule has 0 amide bonds. The van der Waals surface area contributed by atoms with Crippen molar-refractivity contribution in [3.63, 3.8) is 0 Å². The van der Waals surface area contributed by atoms with Crippen molar-refractivity contribution >= 4 is 7.82 Å². The molecule has 0 saturated carbocycles. The minimum absolute atomic E-state index is 0.227. The van der Waals surface area contributed by atoms with Gasteiger partial charge < -0.3 is 19.5 Å². The zero-order valence-electron chi connectivity index (χ0n) is 20.0. The highest BCUT2D eigenvalue weighted by atomic mass is 31.2. The second kappa shape index (κ2) is 21.1. The van der Waals surface area contributed by atoms with Crippen molar-refractivity contribution in [2.45, 2.75) is 109 Å². The normalized spacial score (nSPS) is 15.0. The molecule has 0 fully saturated rings. The average Bonchev–Trinajstić information content (AvgIpc) is 2.72. The molecule has 7 nitrogen and oxygen atoms in total. The van der Waals surface area contributed by atoms with Gasteiger partial charge in [0.1, 0.15) is 12.7 Å². The molecule has 0 bridgehead atoms. The third-order valence-corrected chi connectivity index (χ3v) is 6.02. The van der Waals surface area contributed by atoms with Crippen molar-refractivity contribution in [2.75, 3.05) is 33.2 Å². The Morgan fingerprint density at radius 2 is 1.24 bits per heavy atom. The van der Waals surface area contributed by atoms with Crippen LogP contribution in [0.4, 0.5) is 13.2 Å². The van der Waals surface area contributed by atoms with Crippen LogP contribution in [0.3, 0.4) is 0 Å². The lowest BCUT2D eigenvalue weighted by Crippen LogP contribution is -2.28. The van der Waals surface area contributed by atoms with Crippen LogP contribution in [0, 0.1) is 0 Å². The molecule has 33 heavy (non-hydrogen) atoms. The number of phosphoric acid groups is 1. The van der Waals surface area contributed by atoms with Crippen molar-refractivity contribution in [1.29, 1.82) is 0 Å². The highest BCUT2D eigenvalue weighted by molar-refractivity contribution is 7.47. The maximum Gasteiger partial charge on any atom is 0.474 e. The lowest BCUT2D eigenvalue weighted by atomic mass is 10.0. The molecule has 0 aliphatic rings. The molecule has 0 heterocycles. The number of ether oxygens (including phenoxy) is 2. The predicted octanol–water partition coefficient (Wildman–Crippen LogP) is 6.52. The molecule has 2 N–H and O–H groups in total. The van der Waals surface area contributed by atoms with Crippen molar-refractivity contribution < 1.29 is 46.3 Å². The number of halogens is 3. The first kappa shape index (κ1) is 32.8. The fourth-order valence-electron chi connectivity index (χ4n) is 3.32. The molecule has 0 radical (unpaired) electrons. The van der Waals surface area contributed by atoms with Crippen molar-refractivity contribution in [3.8, 4) is 0 Å². The van der Waals surface area contributed by atoms with Crippen LogP contribution in [0.2, 0.25) is 0 Å². The summed E-state index contributed by atoms with van der Waals surface area (Å²) >= 11 is 0. The number of aliphatic hydroxyl groups is 1. The van der Waals surface area contributed by atoms with Gasteiger partial charge in [-0.3, -0.25) is 9.05 Å². The van der Waals surface area contributed by atoms with E-state index in [0.29, 0.717) is 6.61 Å². The van der Waals surface area contributed by atoms with Crippen LogP contribution in [0.5, 0.6) is 0 Å². The van der Waals surface area contributed by atoms with Gasteiger partial charge in [0.05, 0.1) is 13.2 Å². The van der Waals surface area contributed by atoms with E-state index in [9.17, 15) is 22.6 Å². The molecular formula is C22H44F3O7P. The van der Waals surface area contributed by atoms with Gasteiger partial charge in [-0.1, -0.05) is 90.4 Å². The minimum Gasteiger partial charge on any atom is -0.379 e. The van der Waals surface area contributed by atoms with Gasteiger partial charge in [0.25, 0.3) is 0 Å². The predicted molar refractivity (Wildman–Crippen MR) is 121 cm³/mol. The van der Waals surface area contributed by atoms with E-state index in [2.05, 4.69) is 16.2 Å². The standard InChI is InChI=1S/C22H44F3O7P/c1-2-3-4-5-6-7-8-9-10-11-12-13-14-15-16-29-17-21(18-30-19-22(23,24)25)32-33(27,28)31-20-26/h21,26H,2-20H2,1H3,(H,27,28)/t21-/m0/s1. The average molecular weight is 509 g/mol. The number of hydrogen-bond donors (Lipinski definition) is 2. The Balaban J connectivity index is 3.76. The molecule has 0 aromatic carbocycles. The Morgan fingerprint density at radius 1 is 0.788 bits per heavy atom. The van der Waals surface area contributed by atoms with Crippen LogP contribution >= 0.6 is 7.82 Å². The molecule has 2 atom stereocenters. The van der Waals surface area contributed by atoms with Crippen molar-refractivity contribution in [3.05, 3.63) is 0 Å². The maximum absolute atomic E-state index is 12.2. The quantitative estimate of drug-likeness (QED) is 0.0871. The van der Waals surface area contributed by atoms with E-state index in [1.165, 1.54) is 70.6 Å². The molecular weight excluding hydrogens is 464 g/mol. The molecule has 0 saturated heterocycles. The summed E-state index contributed by atoms with van der Waals surface area (Å²) in [5.74, 6) is 0. The minimum atomic E-state index is -4.61. The zero-order valence-corrected chi connectivity index (χ0v) is 20.9. The summed E-state index contributed by atoms with van der Waals surface area (Å²) in [5, 5.41) is 8.58. The van der Waals surface area contributed by atoms with E-state index in [0.717, 1.165) is 19.3 Å². The summed E-state index contributed by atoms with van der Waals surface area (Å²) < 4.78 is 67.0. The number of phosphoric ester groups is 1. The summed E-state index contributed by atoms with van der Waals surface area (Å²) in [6.07, 6.45) is 11.4. The Morgan fingerprint density at radius 3 is 1.70 bits per heavy atom. The summed E-state index contributed by atoms with van der Waals surface area (Å²) in [4.78, 5) is 9.40. The molecule has 0 rings (SSSR count). The molecule has 0 aromatic heterocycles. The first-order chi connectivity index (χ1) is 15.7. The number of alkyl halides is 3. The van der Waals surface area contributed by atoms with E-state index in [1.807, 2.05) is 0 Å². The number of unbranched alkanes of at least 4 members (excludes halogenated alkanes) is 13. The molecule has 0 aliphatic carbocycles. The van der Waals surface area contributed by atoms with Crippen LogP contribution in [0.15, 0.2) is 0 Å². The SMILES string of the molecule is CCCCCCCCCCCCCCCCOC[C@@H](COCC(F)(F)F)OP(=O)(O)OCO. The zero-order chi connectivity index (χ0) is 24.8. The Hall–Kier alpha value is -0.220. The lowest BCUT2D eigenvalue weighted by molar-refractivity contribution is -0.180. The number of rotatable bonds is 24. The first-order valence-corrected chi connectivity index (χ1v) is 13.7. The third-order valence-electron chi connectivity index (χ3n) is 5.02. The number of hydrogen-bond acceptors (Lipinski definition) is 6. The van der Waals surface area contributed by atoms with E-state index in [1.54, 1.807) is 0 Å². The third kappa shape index (κ3) is 24.7. The summed E-state index contributed by atoms with van der Waals surface area (Å²) in [6, 6.07) is 0. The van der Waals surface area contributed by atoms with Gasteiger partial charge >= 0.3 is 14.0 Å². The van der Waals surface area contributed by atoms with Gasteiger partial charge in [0.2, 0.25) is 0 Å². The Kier molecular flexibility index (Phi) is 21.0. The molecule has 0 aromatic rings. The Bertz CT molecular complexity index is 481. The summed E-state index contributed by atoms with van der Waals surface area (Å²) in [6.45, 7) is -0.818. The van der Waals surface area contributed by atoms with Crippen LogP contribution in [0.25, 0.3) is 0 Å². The van der Waals surface area contributed by atoms with Gasteiger partial charge in [-0.2, -0.15) is 13.2 Å². The lowest BCUT2D eigenvalue weighted by Gasteiger charge is -2.20. The van der Waals surface area contributed by atoms with Gasteiger partial charge in [-0.15, -0.1) is 0 Å². The smallest absolute Gasteiger partial charge is 0.379 e. The largest absolute Gasteiger partial charge is 0.474 e. The van der Waals surface area contributed by atoms with Crippen LogP contribution in [0.1, 0.15) is 96.8 Å². The monoisotopic (exact) mass is 508 g/mol.